The van der Waals surface area contributed by atoms with Crippen molar-refractivity contribution in [3.8, 4) is 0 Å². The molecule has 0 radical (unpaired) electrons. The molecular weight excluding hydrogens is 493 g/mol. The lowest BCUT2D eigenvalue weighted by atomic mass is 10.1. The fraction of sp³-hybridized carbons (Fsp3) is 0.500. The summed E-state index contributed by atoms with van der Waals surface area (Å²) in [5, 5.41) is 1.14. The van der Waals surface area contributed by atoms with Crippen LogP contribution in [0.1, 0.15) is 69.4 Å². The Morgan fingerprint density at radius 3 is 2.38 bits per heavy atom. The van der Waals surface area contributed by atoms with E-state index in [0.29, 0.717) is 45.5 Å². The highest BCUT2D eigenvalue weighted by Crippen LogP contribution is 2.19. The summed E-state index contributed by atoms with van der Waals surface area (Å²) in [5.41, 5.74) is 3.06. The van der Waals surface area contributed by atoms with Crippen LogP contribution >= 0.6 is 0 Å². The Balaban J connectivity index is 1.68. The summed E-state index contributed by atoms with van der Waals surface area (Å²) >= 11 is 0. The number of rotatable bonds is 18. The highest BCUT2D eigenvalue weighted by molar-refractivity contribution is 5.85. The third-order valence-electron chi connectivity index (χ3n) is 7.16. The van der Waals surface area contributed by atoms with Crippen molar-refractivity contribution in [2.45, 2.75) is 71.3 Å². The normalized spacial score (nSPS) is 11.2. The molecule has 3 rings (SSSR count). The molecule has 0 saturated carbocycles. The van der Waals surface area contributed by atoms with E-state index in [1.165, 1.54) is 31.4 Å². The topological polar surface area (TPSA) is 65.6 Å². The van der Waals surface area contributed by atoms with Gasteiger partial charge in [0.1, 0.15) is 5.82 Å². The Labute approximate surface area is 232 Å². The number of amides is 2. The second-order valence-electron chi connectivity index (χ2n) is 10.2. The fourth-order valence-corrected chi connectivity index (χ4v) is 4.87. The molecule has 1 N–H and O–H groups in total. The number of carbonyl (C=O) groups excluding carboxylic acids is 2. The lowest BCUT2D eigenvalue weighted by molar-refractivity contribution is -0.141. The molecule has 0 aliphatic rings. The van der Waals surface area contributed by atoms with Crippen molar-refractivity contribution in [2.75, 3.05) is 33.4 Å². The van der Waals surface area contributed by atoms with Gasteiger partial charge in [0.25, 0.3) is 0 Å². The highest BCUT2D eigenvalue weighted by Gasteiger charge is 2.22. The molecule has 2 amide bonds. The van der Waals surface area contributed by atoms with E-state index in [0.717, 1.165) is 41.3 Å². The number of hydrogen-bond donors (Lipinski definition) is 1. The lowest BCUT2D eigenvalue weighted by Crippen LogP contribution is -2.44. The molecular formula is C32H44FN3O3. The Hall–Kier alpha value is -3.19. The minimum absolute atomic E-state index is 0.0216. The maximum absolute atomic E-state index is 13.7. The number of nitrogens with one attached hydrogen (secondary N) is 1. The molecule has 1 heterocycles. The van der Waals surface area contributed by atoms with E-state index in [1.807, 2.05) is 24.4 Å². The van der Waals surface area contributed by atoms with E-state index in [9.17, 15) is 14.0 Å². The molecule has 0 bridgehead atoms. The van der Waals surface area contributed by atoms with Gasteiger partial charge < -0.3 is 19.5 Å². The zero-order valence-electron chi connectivity index (χ0n) is 23.6. The summed E-state index contributed by atoms with van der Waals surface area (Å²) < 4.78 is 18.7. The van der Waals surface area contributed by atoms with Gasteiger partial charge >= 0.3 is 0 Å². The molecule has 0 spiro atoms. The number of unbranched alkanes of at least 4 members (excludes halogenated alkanes) is 5. The first-order chi connectivity index (χ1) is 19.0. The van der Waals surface area contributed by atoms with E-state index in [2.05, 4.69) is 18.0 Å². The van der Waals surface area contributed by atoms with Gasteiger partial charge in [-0.25, -0.2) is 4.39 Å². The minimum atomic E-state index is -0.306. The Morgan fingerprint density at radius 2 is 1.62 bits per heavy atom. The molecule has 2 aromatic carbocycles. The second kappa shape index (κ2) is 16.7. The average Bonchev–Trinajstić information content (AvgIpc) is 3.36. The molecule has 0 aliphatic heterocycles. The second-order valence-corrected chi connectivity index (χ2v) is 10.2. The van der Waals surface area contributed by atoms with E-state index < -0.39 is 0 Å². The maximum atomic E-state index is 13.7. The molecule has 0 unspecified atom stereocenters. The van der Waals surface area contributed by atoms with Crippen molar-refractivity contribution in [1.29, 1.82) is 0 Å². The van der Waals surface area contributed by atoms with Gasteiger partial charge in [0.2, 0.25) is 11.8 Å². The number of carbonyl (C=O) groups is 2. The smallest absolute Gasteiger partial charge is 0.242 e. The molecule has 0 saturated heterocycles. The van der Waals surface area contributed by atoms with Crippen molar-refractivity contribution in [3.05, 3.63) is 71.7 Å². The van der Waals surface area contributed by atoms with Crippen LogP contribution in [0.15, 0.2) is 54.7 Å². The predicted octanol–water partition coefficient (Wildman–Crippen LogP) is 6.49. The number of para-hydroxylation sites is 1. The number of hydrogen-bond acceptors (Lipinski definition) is 3. The molecule has 212 valence electrons. The van der Waals surface area contributed by atoms with Crippen molar-refractivity contribution in [2.24, 2.45) is 0 Å². The molecule has 6 nitrogen and oxygen atoms in total. The fourth-order valence-electron chi connectivity index (χ4n) is 4.87. The third kappa shape index (κ3) is 10.1. The number of methoxy groups -OCH3 is 1. The van der Waals surface area contributed by atoms with Gasteiger partial charge in [-0.1, -0.05) is 69.4 Å². The number of nitrogens with zero attached hydrogens (tertiary/aromatic N) is 2. The van der Waals surface area contributed by atoms with Gasteiger partial charge in [0.05, 0.1) is 6.54 Å². The first-order valence-corrected chi connectivity index (χ1v) is 14.4. The van der Waals surface area contributed by atoms with Crippen molar-refractivity contribution in [3.63, 3.8) is 0 Å². The molecule has 0 fully saturated rings. The zero-order chi connectivity index (χ0) is 27.9. The Bertz CT molecular complexity index is 1150. The summed E-state index contributed by atoms with van der Waals surface area (Å²) in [5.74, 6) is -0.388. The van der Waals surface area contributed by atoms with Gasteiger partial charge in [-0.05, 0) is 48.6 Å². The predicted molar refractivity (Wildman–Crippen MR) is 155 cm³/mol. The first-order valence-electron chi connectivity index (χ1n) is 14.4. The SMILES string of the molecule is CCCCCCCCC(=O)N(CCCOC)CC(=O)N(CCc1c[nH]c2ccccc12)Cc1ccc(F)cc1. The number of fused-ring (bicyclic) bond motifs is 1. The van der Waals surface area contributed by atoms with Crippen LogP contribution in [-0.2, 0) is 27.3 Å². The monoisotopic (exact) mass is 537 g/mol. The van der Waals surface area contributed by atoms with E-state index >= 15 is 0 Å². The minimum Gasteiger partial charge on any atom is -0.385 e. The number of H-pyrrole nitrogens is 1. The van der Waals surface area contributed by atoms with Crippen molar-refractivity contribution in [1.82, 2.24) is 14.8 Å². The van der Waals surface area contributed by atoms with Crippen LogP contribution in [0.25, 0.3) is 10.9 Å². The summed E-state index contributed by atoms with van der Waals surface area (Å²) in [6.45, 7) is 4.11. The number of aromatic amines is 1. The van der Waals surface area contributed by atoms with Gasteiger partial charge in [-0.15, -0.1) is 0 Å². The molecule has 1 aromatic heterocycles. The molecule has 0 aliphatic carbocycles. The number of benzene rings is 2. The summed E-state index contributed by atoms with van der Waals surface area (Å²) in [6, 6.07) is 14.4. The standard InChI is InChI=1S/C32H44FN3O3/c1-3-4-5-6-7-8-14-31(37)35(20-11-22-39-2)25-32(38)36(24-26-15-17-28(33)18-16-26)21-19-27-23-34-30-13-10-9-12-29(27)30/h9-10,12-13,15-18,23,34H,3-8,11,14,19-22,24-25H2,1-2H3. The molecule has 0 atom stereocenters. The number of halogens is 1. The summed E-state index contributed by atoms with van der Waals surface area (Å²) in [6.07, 6.45) is 10.5. The largest absolute Gasteiger partial charge is 0.385 e. The van der Waals surface area contributed by atoms with Crippen LogP contribution in [0, 0.1) is 5.82 Å². The van der Waals surface area contributed by atoms with E-state index in [4.69, 9.17) is 4.74 Å². The first kappa shape index (κ1) is 30.4. The average molecular weight is 538 g/mol. The van der Waals surface area contributed by atoms with Gasteiger partial charge in [0, 0.05) is 56.9 Å². The van der Waals surface area contributed by atoms with E-state index in [-0.39, 0.29) is 24.2 Å². The Morgan fingerprint density at radius 1 is 0.872 bits per heavy atom. The number of ether oxygens (including phenoxy) is 1. The summed E-state index contributed by atoms with van der Waals surface area (Å²) in [7, 11) is 1.64. The van der Waals surface area contributed by atoms with Crippen molar-refractivity contribution >= 4 is 22.7 Å². The third-order valence-corrected chi connectivity index (χ3v) is 7.16. The quantitative estimate of drug-likeness (QED) is 0.189. The maximum Gasteiger partial charge on any atom is 0.242 e. The van der Waals surface area contributed by atoms with E-state index in [1.54, 1.807) is 29.0 Å². The van der Waals surface area contributed by atoms with Crippen LogP contribution in [0.2, 0.25) is 0 Å². The van der Waals surface area contributed by atoms with Gasteiger partial charge in [-0.2, -0.15) is 0 Å². The van der Waals surface area contributed by atoms with Crippen LogP contribution in [-0.4, -0.2) is 59.9 Å². The highest BCUT2D eigenvalue weighted by atomic mass is 19.1. The molecule has 3 aromatic rings. The molecule has 39 heavy (non-hydrogen) atoms. The lowest BCUT2D eigenvalue weighted by Gasteiger charge is -2.28. The van der Waals surface area contributed by atoms with Crippen LogP contribution < -0.4 is 0 Å². The van der Waals surface area contributed by atoms with Gasteiger partial charge in [-0.3, -0.25) is 9.59 Å². The number of aromatic nitrogens is 1. The Kier molecular flexibility index (Phi) is 13.0. The molecule has 7 heteroatoms. The summed E-state index contributed by atoms with van der Waals surface area (Å²) in [4.78, 5) is 33.6. The van der Waals surface area contributed by atoms with Gasteiger partial charge in [0.15, 0.2) is 0 Å². The van der Waals surface area contributed by atoms with Crippen LogP contribution in [0.4, 0.5) is 4.39 Å². The van der Waals surface area contributed by atoms with Crippen molar-refractivity contribution < 1.29 is 18.7 Å². The van der Waals surface area contributed by atoms with Crippen LogP contribution in [0.5, 0.6) is 0 Å². The zero-order valence-corrected chi connectivity index (χ0v) is 23.6. The van der Waals surface area contributed by atoms with Crippen LogP contribution in [0.3, 0.4) is 0 Å².